The molecular weight excluding hydrogens is 386 g/mol. The van der Waals surface area contributed by atoms with Crippen LogP contribution in [-0.4, -0.2) is 37.8 Å². The van der Waals surface area contributed by atoms with E-state index >= 15 is 0 Å². The third-order valence-electron chi connectivity index (χ3n) is 5.03. The first-order chi connectivity index (χ1) is 13.7. The molecule has 29 heavy (non-hydrogen) atoms. The van der Waals surface area contributed by atoms with E-state index in [1.165, 1.54) is 4.31 Å². The molecule has 1 amide bonds. The average Bonchev–Trinajstić information content (AvgIpc) is 2.68. The maximum absolute atomic E-state index is 12.6. The molecule has 2 atom stereocenters. The van der Waals surface area contributed by atoms with E-state index in [1.54, 1.807) is 12.1 Å². The highest BCUT2D eigenvalue weighted by Crippen LogP contribution is 2.18. The Morgan fingerprint density at radius 3 is 2.24 bits per heavy atom. The van der Waals surface area contributed by atoms with Crippen LogP contribution in [0.2, 0.25) is 0 Å². The number of nitrogens with two attached hydrogens (primary N) is 1. The van der Waals surface area contributed by atoms with Gasteiger partial charge >= 0.3 is 0 Å². The van der Waals surface area contributed by atoms with Crippen molar-refractivity contribution in [3.05, 3.63) is 59.7 Å². The Labute approximate surface area is 174 Å². The molecule has 0 aliphatic rings. The van der Waals surface area contributed by atoms with E-state index in [0.29, 0.717) is 18.0 Å². The van der Waals surface area contributed by atoms with E-state index in [0.717, 1.165) is 16.8 Å². The molecular formula is C22H32N3O3S+. The Bertz CT molecular complexity index is 923. The van der Waals surface area contributed by atoms with Gasteiger partial charge in [0.05, 0.1) is 4.90 Å². The smallest absolute Gasteiger partial charge is 0.282 e. The van der Waals surface area contributed by atoms with Crippen molar-refractivity contribution in [1.82, 2.24) is 4.31 Å². The Morgan fingerprint density at radius 1 is 1.07 bits per heavy atom. The summed E-state index contributed by atoms with van der Waals surface area (Å²) in [5.41, 5.74) is 2.85. The number of amides is 1. The number of sulfonamides is 1. The van der Waals surface area contributed by atoms with Crippen LogP contribution in [0, 0.1) is 6.92 Å². The second kappa shape index (κ2) is 10.0. The Balaban J connectivity index is 2.03. The lowest BCUT2D eigenvalue weighted by Gasteiger charge is -2.20. The predicted octanol–water partition coefficient (Wildman–Crippen LogP) is 2.68. The van der Waals surface area contributed by atoms with Crippen molar-refractivity contribution in [1.29, 1.82) is 0 Å². The normalized spacial score (nSPS) is 13.9. The van der Waals surface area contributed by atoms with Crippen molar-refractivity contribution in [2.24, 2.45) is 0 Å². The minimum absolute atomic E-state index is 0.0125. The van der Waals surface area contributed by atoms with Gasteiger partial charge in [-0.2, -0.15) is 4.31 Å². The maximum Gasteiger partial charge on any atom is 0.282 e. The third kappa shape index (κ3) is 5.88. The lowest BCUT2D eigenvalue weighted by molar-refractivity contribution is -0.709. The van der Waals surface area contributed by atoms with E-state index in [9.17, 15) is 13.2 Å². The summed E-state index contributed by atoms with van der Waals surface area (Å²) < 4.78 is 26.7. The molecule has 6 nitrogen and oxygen atoms in total. The molecule has 3 N–H and O–H groups in total. The fourth-order valence-corrected chi connectivity index (χ4v) is 4.72. The quantitative estimate of drug-likeness (QED) is 0.657. The summed E-state index contributed by atoms with van der Waals surface area (Å²) in [4.78, 5) is 12.8. The van der Waals surface area contributed by atoms with E-state index in [-0.39, 0.29) is 18.0 Å². The fraction of sp³-hybridized carbons (Fsp3) is 0.409. The van der Waals surface area contributed by atoms with Crippen LogP contribution in [0.5, 0.6) is 0 Å². The minimum Gasteiger partial charge on any atom is -0.330 e. The Hall–Kier alpha value is -2.22. The second-order valence-electron chi connectivity index (χ2n) is 7.29. The molecule has 0 aromatic heterocycles. The summed E-state index contributed by atoms with van der Waals surface area (Å²) in [6, 6.07) is 14.4. The molecule has 0 fully saturated rings. The number of rotatable bonds is 9. The van der Waals surface area contributed by atoms with Crippen molar-refractivity contribution in [2.45, 2.75) is 51.6 Å². The third-order valence-corrected chi connectivity index (χ3v) is 7.09. The molecule has 0 bridgehead atoms. The van der Waals surface area contributed by atoms with Crippen LogP contribution in [0.15, 0.2) is 53.4 Å². The summed E-state index contributed by atoms with van der Waals surface area (Å²) in [6.07, 6.45) is 0. The number of carbonyl (C=O) groups excluding carboxylic acids is 1. The van der Waals surface area contributed by atoms with Gasteiger partial charge in [-0.1, -0.05) is 38.1 Å². The number of hydrogen-bond acceptors (Lipinski definition) is 3. The van der Waals surface area contributed by atoms with Crippen molar-refractivity contribution >= 4 is 21.6 Å². The summed E-state index contributed by atoms with van der Waals surface area (Å²) in [5.74, 6) is -0.0665. The van der Waals surface area contributed by atoms with Crippen LogP contribution in [0.25, 0.3) is 0 Å². The molecule has 0 spiro atoms. The van der Waals surface area contributed by atoms with Crippen molar-refractivity contribution in [3.8, 4) is 0 Å². The van der Waals surface area contributed by atoms with Gasteiger partial charge in [0.1, 0.15) is 6.04 Å². The zero-order valence-electron chi connectivity index (χ0n) is 17.8. The molecule has 0 aliphatic carbocycles. The summed E-state index contributed by atoms with van der Waals surface area (Å²) >= 11 is 0. The summed E-state index contributed by atoms with van der Waals surface area (Å²) in [6.45, 7) is 10.4. The highest BCUT2D eigenvalue weighted by atomic mass is 32.2. The van der Waals surface area contributed by atoms with Gasteiger partial charge in [0.15, 0.2) is 6.04 Å². The maximum atomic E-state index is 12.6. The largest absolute Gasteiger partial charge is 0.330 e. The van der Waals surface area contributed by atoms with Crippen LogP contribution >= 0.6 is 0 Å². The fourth-order valence-electron chi connectivity index (χ4n) is 3.27. The highest BCUT2D eigenvalue weighted by molar-refractivity contribution is 7.89. The summed E-state index contributed by atoms with van der Waals surface area (Å²) in [7, 11) is -3.46. The highest BCUT2D eigenvalue weighted by Gasteiger charge is 2.23. The van der Waals surface area contributed by atoms with Crippen LogP contribution < -0.4 is 10.6 Å². The number of carbonyl (C=O) groups is 1. The molecule has 2 aromatic carbocycles. The number of aryl methyl sites for hydroxylation is 1. The monoisotopic (exact) mass is 418 g/mol. The molecule has 0 unspecified atom stereocenters. The zero-order chi connectivity index (χ0) is 21.6. The molecule has 0 radical (unpaired) electrons. The number of quaternary nitrogens is 1. The molecule has 158 valence electrons. The minimum atomic E-state index is -3.46. The molecule has 0 heterocycles. The van der Waals surface area contributed by atoms with Gasteiger partial charge in [0, 0.05) is 24.3 Å². The predicted molar refractivity (Wildman–Crippen MR) is 116 cm³/mol. The zero-order valence-corrected chi connectivity index (χ0v) is 18.7. The molecule has 0 aliphatic heterocycles. The number of anilines is 1. The SMILES string of the molecule is CCN(CC)S(=O)(=O)c1ccc([C@H](C)[NH2+][C@@H](C)C(=O)Nc2cccc(C)c2)cc1. The molecule has 2 aromatic rings. The van der Waals surface area contributed by atoms with Crippen molar-refractivity contribution < 1.29 is 18.5 Å². The van der Waals surface area contributed by atoms with Crippen LogP contribution in [0.3, 0.4) is 0 Å². The van der Waals surface area contributed by atoms with E-state index < -0.39 is 10.0 Å². The van der Waals surface area contributed by atoms with Crippen LogP contribution in [0.1, 0.15) is 44.9 Å². The van der Waals surface area contributed by atoms with Gasteiger partial charge in [-0.25, -0.2) is 8.42 Å². The Kier molecular flexibility index (Phi) is 7.96. The number of hydrogen-bond donors (Lipinski definition) is 2. The first kappa shape index (κ1) is 23.1. The Morgan fingerprint density at radius 2 is 1.69 bits per heavy atom. The lowest BCUT2D eigenvalue weighted by Crippen LogP contribution is -2.91. The number of benzene rings is 2. The average molecular weight is 419 g/mol. The van der Waals surface area contributed by atoms with Gasteiger partial charge in [0.25, 0.3) is 5.91 Å². The van der Waals surface area contributed by atoms with E-state index in [1.807, 2.05) is 76.3 Å². The topological polar surface area (TPSA) is 83.1 Å². The number of nitrogens with one attached hydrogen (secondary N) is 1. The first-order valence-electron chi connectivity index (χ1n) is 10.0. The van der Waals surface area contributed by atoms with Crippen LogP contribution in [0.4, 0.5) is 5.69 Å². The first-order valence-corrected chi connectivity index (χ1v) is 11.5. The van der Waals surface area contributed by atoms with E-state index in [4.69, 9.17) is 0 Å². The molecule has 0 saturated carbocycles. The van der Waals surface area contributed by atoms with Gasteiger partial charge in [-0.15, -0.1) is 0 Å². The standard InChI is InChI=1S/C22H31N3O3S/c1-6-25(7-2)29(27,28)21-13-11-19(12-14-21)17(4)23-18(5)22(26)24-20-10-8-9-16(3)15-20/h8-15,17-18,23H,6-7H2,1-5H3,(H,24,26)/p+1/t17-,18-/m0/s1. The van der Waals surface area contributed by atoms with Crippen molar-refractivity contribution in [2.75, 3.05) is 18.4 Å². The van der Waals surface area contributed by atoms with Gasteiger partial charge in [0.2, 0.25) is 10.0 Å². The van der Waals surface area contributed by atoms with Crippen molar-refractivity contribution in [3.63, 3.8) is 0 Å². The molecule has 2 rings (SSSR count). The van der Waals surface area contributed by atoms with Crippen LogP contribution in [-0.2, 0) is 14.8 Å². The molecule has 7 heteroatoms. The van der Waals surface area contributed by atoms with E-state index in [2.05, 4.69) is 5.32 Å². The second-order valence-corrected chi connectivity index (χ2v) is 9.22. The van der Waals surface area contributed by atoms with Gasteiger partial charge < -0.3 is 10.6 Å². The summed E-state index contributed by atoms with van der Waals surface area (Å²) in [5, 5.41) is 4.91. The lowest BCUT2D eigenvalue weighted by atomic mass is 10.1. The van der Waals surface area contributed by atoms with Gasteiger partial charge in [-0.3, -0.25) is 4.79 Å². The van der Waals surface area contributed by atoms with Gasteiger partial charge in [-0.05, 0) is 50.6 Å². The number of nitrogens with zero attached hydrogens (tertiary/aromatic N) is 1. The molecule has 0 saturated heterocycles.